The van der Waals surface area contributed by atoms with Gasteiger partial charge in [-0.3, -0.25) is 14.6 Å². The van der Waals surface area contributed by atoms with E-state index in [2.05, 4.69) is 15.1 Å². The molecule has 2 saturated heterocycles. The second-order valence-electron chi connectivity index (χ2n) is 8.36. The fourth-order valence-corrected chi connectivity index (χ4v) is 4.45. The van der Waals surface area contributed by atoms with E-state index < -0.39 is 0 Å². The van der Waals surface area contributed by atoms with Crippen LogP contribution in [-0.4, -0.2) is 54.0 Å². The highest BCUT2D eigenvalue weighted by Gasteiger charge is 2.33. The molecule has 1 atom stereocenters. The Labute approximate surface area is 159 Å². The van der Waals surface area contributed by atoms with Crippen molar-refractivity contribution in [3.63, 3.8) is 0 Å². The van der Waals surface area contributed by atoms with Gasteiger partial charge in [-0.1, -0.05) is 0 Å². The van der Waals surface area contributed by atoms with Crippen molar-refractivity contribution in [2.75, 3.05) is 26.2 Å². The largest absolute Gasteiger partial charge is 0.353 e. The average Bonchev–Trinajstić information content (AvgIpc) is 3.49. The summed E-state index contributed by atoms with van der Waals surface area (Å²) in [5.74, 6) is -0.357. The van der Waals surface area contributed by atoms with E-state index >= 15 is 0 Å². The van der Waals surface area contributed by atoms with Crippen LogP contribution in [0.1, 0.15) is 44.1 Å². The third-order valence-electron chi connectivity index (χ3n) is 6.22. The van der Waals surface area contributed by atoms with Crippen LogP contribution in [0.25, 0.3) is 0 Å². The second kappa shape index (κ2) is 8.23. The molecule has 6 heteroatoms. The monoisotopic (exact) mass is 377 g/mol. The van der Waals surface area contributed by atoms with Crippen LogP contribution in [0.15, 0.2) is 18.2 Å². The maximum Gasteiger partial charge on any atom is 0.224 e. The molecule has 2 aliphatic heterocycles. The summed E-state index contributed by atoms with van der Waals surface area (Å²) in [6.07, 6.45) is 6.38. The molecule has 1 N–H and O–H groups in total. The third-order valence-corrected chi connectivity index (χ3v) is 6.22. The van der Waals surface area contributed by atoms with Crippen molar-refractivity contribution >= 4 is 5.91 Å². The molecule has 1 aliphatic carbocycles. The van der Waals surface area contributed by atoms with Crippen LogP contribution in [0.5, 0.6) is 0 Å². The van der Waals surface area contributed by atoms with E-state index in [4.69, 9.17) is 0 Å². The van der Waals surface area contributed by atoms with Crippen molar-refractivity contribution in [3.8, 4) is 0 Å². The maximum atomic E-state index is 13.9. The fourth-order valence-electron chi connectivity index (χ4n) is 4.45. The van der Waals surface area contributed by atoms with Gasteiger partial charge in [0, 0.05) is 30.7 Å². The quantitative estimate of drug-likeness (QED) is 0.857. The number of amides is 1. The zero-order chi connectivity index (χ0) is 18.8. The number of rotatable bonds is 5. The Morgan fingerprint density at radius 1 is 1.07 bits per heavy atom. The van der Waals surface area contributed by atoms with Gasteiger partial charge in [0.2, 0.25) is 5.91 Å². The predicted molar refractivity (Wildman–Crippen MR) is 100 cm³/mol. The number of nitrogens with zero attached hydrogens (tertiary/aromatic N) is 2. The van der Waals surface area contributed by atoms with E-state index in [1.165, 1.54) is 12.1 Å². The highest BCUT2D eigenvalue weighted by atomic mass is 19.1. The van der Waals surface area contributed by atoms with Gasteiger partial charge in [0.15, 0.2) is 0 Å². The molecule has 4 rings (SSSR count). The molecule has 1 aromatic rings. The van der Waals surface area contributed by atoms with Crippen LogP contribution < -0.4 is 5.32 Å². The molecule has 1 amide bonds. The minimum absolute atomic E-state index is 0.124. The van der Waals surface area contributed by atoms with E-state index in [1.54, 1.807) is 0 Å². The van der Waals surface area contributed by atoms with E-state index in [1.807, 2.05) is 0 Å². The summed E-state index contributed by atoms with van der Waals surface area (Å²) in [7, 11) is 0. The van der Waals surface area contributed by atoms with Gasteiger partial charge in [-0.05, 0) is 76.4 Å². The molecule has 27 heavy (non-hydrogen) atoms. The van der Waals surface area contributed by atoms with Gasteiger partial charge in [0.25, 0.3) is 0 Å². The molecule has 3 aliphatic rings. The first kappa shape index (κ1) is 18.8. The van der Waals surface area contributed by atoms with Crippen molar-refractivity contribution in [1.29, 1.82) is 0 Å². The van der Waals surface area contributed by atoms with Crippen LogP contribution in [0.3, 0.4) is 0 Å². The highest BCUT2D eigenvalue weighted by molar-refractivity contribution is 5.79. The molecule has 0 spiro atoms. The van der Waals surface area contributed by atoms with Gasteiger partial charge in [-0.15, -0.1) is 0 Å². The fraction of sp³-hybridized carbons (Fsp3) is 0.667. The van der Waals surface area contributed by atoms with Crippen molar-refractivity contribution in [1.82, 2.24) is 15.1 Å². The van der Waals surface area contributed by atoms with E-state index in [9.17, 15) is 13.6 Å². The van der Waals surface area contributed by atoms with Gasteiger partial charge in [-0.25, -0.2) is 8.78 Å². The third kappa shape index (κ3) is 4.85. The zero-order valence-corrected chi connectivity index (χ0v) is 15.8. The minimum Gasteiger partial charge on any atom is -0.353 e. The van der Waals surface area contributed by atoms with Crippen LogP contribution in [-0.2, 0) is 11.3 Å². The van der Waals surface area contributed by atoms with Crippen LogP contribution in [0, 0.1) is 17.6 Å². The first-order valence-corrected chi connectivity index (χ1v) is 10.3. The van der Waals surface area contributed by atoms with Crippen molar-refractivity contribution in [3.05, 3.63) is 35.4 Å². The summed E-state index contributed by atoms with van der Waals surface area (Å²) in [5, 5.41) is 3.15. The number of carbonyl (C=O) groups excluding carboxylic acids is 1. The van der Waals surface area contributed by atoms with Crippen molar-refractivity contribution < 1.29 is 13.6 Å². The molecule has 2 heterocycles. The van der Waals surface area contributed by atoms with Crippen LogP contribution in [0.2, 0.25) is 0 Å². The van der Waals surface area contributed by atoms with Crippen LogP contribution >= 0.6 is 0 Å². The highest BCUT2D eigenvalue weighted by Crippen LogP contribution is 2.26. The molecular weight excluding hydrogens is 348 g/mol. The summed E-state index contributed by atoms with van der Waals surface area (Å²) in [6.45, 7) is 4.16. The number of hydrogen-bond acceptors (Lipinski definition) is 3. The lowest BCUT2D eigenvalue weighted by Gasteiger charge is -2.42. The Morgan fingerprint density at radius 2 is 1.85 bits per heavy atom. The van der Waals surface area contributed by atoms with Gasteiger partial charge in [0.05, 0.1) is 5.92 Å². The smallest absolute Gasteiger partial charge is 0.224 e. The Hall–Kier alpha value is -1.53. The molecule has 4 nitrogen and oxygen atoms in total. The predicted octanol–water partition coefficient (Wildman–Crippen LogP) is 2.92. The van der Waals surface area contributed by atoms with Gasteiger partial charge in [0.1, 0.15) is 11.6 Å². The molecule has 1 unspecified atom stereocenters. The summed E-state index contributed by atoms with van der Waals surface area (Å²) in [5.41, 5.74) is 0.434. The van der Waals surface area contributed by atoms with Crippen molar-refractivity contribution in [2.45, 2.75) is 57.2 Å². The molecule has 0 radical (unpaired) electrons. The molecule has 148 valence electrons. The van der Waals surface area contributed by atoms with Gasteiger partial charge in [-0.2, -0.15) is 0 Å². The Bertz CT molecular complexity index is 671. The minimum atomic E-state index is -0.384. The summed E-state index contributed by atoms with van der Waals surface area (Å²) in [6, 6.07) is 4.60. The number of hydrogen-bond donors (Lipinski definition) is 1. The molecule has 1 aromatic carbocycles. The first-order valence-electron chi connectivity index (χ1n) is 10.3. The first-order chi connectivity index (χ1) is 13.1. The lowest BCUT2D eigenvalue weighted by molar-refractivity contribution is -0.127. The molecule has 0 aromatic heterocycles. The molecule has 0 bridgehead atoms. The van der Waals surface area contributed by atoms with E-state index in [-0.39, 0.29) is 23.5 Å². The average molecular weight is 377 g/mol. The zero-order valence-electron chi connectivity index (χ0n) is 15.8. The Kier molecular flexibility index (Phi) is 5.74. The molecular formula is C21H29F2N3O. The lowest BCUT2D eigenvalue weighted by Crippen LogP contribution is -2.50. The number of piperidine rings is 2. The SMILES string of the molecule is O=C(NC1CC1)C1CCCN(C2CCN(Cc3cc(F)ccc3F)CC2)C1. The van der Waals surface area contributed by atoms with E-state index in [0.717, 1.165) is 70.8 Å². The second-order valence-corrected chi connectivity index (χ2v) is 8.36. The Morgan fingerprint density at radius 3 is 2.59 bits per heavy atom. The molecule has 3 fully saturated rings. The Balaban J connectivity index is 1.27. The maximum absolute atomic E-state index is 13.9. The van der Waals surface area contributed by atoms with Gasteiger partial charge >= 0.3 is 0 Å². The van der Waals surface area contributed by atoms with Gasteiger partial charge < -0.3 is 5.32 Å². The number of carbonyl (C=O) groups is 1. The topological polar surface area (TPSA) is 35.6 Å². The standard InChI is InChI=1S/C21H29F2N3O/c22-17-3-6-20(23)16(12-17)13-25-10-7-19(8-11-25)26-9-1-2-15(14-26)21(27)24-18-4-5-18/h3,6,12,15,18-19H,1-2,4-5,7-11,13-14H2,(H,24,27). The number of benzene rings is 1. The van der Waals surface area contributed by atoms with Crippen molar-refractivity contribution in [2.24, 2.45) is 5.92 Å². The number of halogens is 2. The van der Waals surface area contributed by atoms with E-state index in [0.29, 0.717) is 24.2 Å². The number of likely N-dealkylation sites (tertiary alicyclic amines) is 2. The lowest BCUT2D eigenvalue weighted by atomic mass is 9.93. The summed E-state index contributed by atoms with van der Waals surface area (Å²) >= 11 is 0. The van der Waals surface area contributed by atoms with Crippen LogP contribution in [0.4, 0.5) is 8.78 Å². The normalized spacial score (nSPS) is 25.5. The summed E-state index contributed by atoms with van der Waals surface area (Å²) < 4.78 is 27.2. The molecule has 1 saturated carbocycles. The number of nitrogens with one attached hydrogen (secondary N) is 1. The summed E-state index contributed by atoms with van der Waals surface area (Å²) in [4.78, 5) is 17.1.